The Morgan fingerprint density at radius 2 is 2.00 bits per heavy atom. The van der Waals surface area contributed by atoms with Crippen molar-refractivity contribution in [3.63, 3.8) is 0 Å². The van der Waals surface area contributed by atoms with Crippen LogP contribution in [0.15, 0.2) is 24.3 Å². The van der Waals surface area contributed by atoms with Gasteiger partial charge >= 0.3 is 110 Å². The molecule has 1 heterocycles. The van der Waals surface area contributed by atoms with Crippen LogP contribution >= 0.6 is 11.3 Å². The van der Waals surface area contributed by atoms with E-state index in [9.17, 15) is 4.79 Å². The van der Waals surface area contributed by atoms with Gasteiger partial charge in [0, 0.05) is 0 Å². The molecule has 0 N–H and O–H groups in total. The van der Waals surface area contributed by atoms with Crippen LogP contribution in [0.2, 0.25) is 14.8 Å². The maximum atomic E-state index is 11.5. The monoisotopic (exact) mass is 356 g/mol. The van der Waals surface area contributed by atoms with Crippen LogP contribution in [-0.2, 0) is 4.74 Å². The molecule has 0 saturated heterocycles. The molecule has 2 aromatic rings. The summed E-state index contributed by atoms with van der Waals surface area (Å²) < 4.78 is 7.44. The quantitative estimate of drug-likeness (QED) is 0.611. The van der Waals surface area contributed by atoms with Crippen LogP contribution in [0.3, 0.4) is 0 Å². The second-order valence-corrected chi connectivity index (χ2v) is 20.5. The van der Waals surface area contributed by atoms with Gasteiger partial charge in [-0.15, -0.1) is 0 Å². The van der Waals surface area contributed by atoms with Crippen molar-refractivity contribution in [3.8, 4) is 0 Å². The zero-order valence-electron chi connectivity index (χ0n) is 10.5. The van der Waals surface area contributed by atoms with Gasteiger partial charge in [0.05, 0.1) is 0 Å². The second-order valence-electron chi connectivity index (χ2n) is 5.07. The Balaban J connectivity index is 2.65. The van der Waals surface area contributed by atoms with Crippen LogP contribution in [0.1, 0.15) is 9.67 Å². The fourth-order valence-electron chi connectivity index (χ4n) is 1.92. The van der Waals surface area contributed by atoms with Gasteiger partial charge in [0.25, 0.3) is 0 Å². The molecule has 0 radical (unpaired) electrons. The van der Waals surface area contributed by atoms with E-state index in [4.69, 9.17) is 4.74 Å². The summed E-state index contributed by atoms with van der Waals surface area (Å²) in [5.41, 5.74) is 0. The van der Waals surface area contributed by atoms with Crippen LogP contribution < -0.4 is 3.58 Å². The summed E-state index contributed by atoms with van der Waals surface area (Å²) >= 11 is -0.599. The van der Waals surface area contributed by atoms with Crippen molar-refractivity contribution >= 4 is 49.3 Å². The van der Waals surface area contributed by atoms with E-state index in [0.29, 0.717) is 4.88 Å². The molecule has 2 rings (SSSR count). The van der Waals surface area contributed by atoms with Gasteiger partial charge in [-0.25, -0.2) is 0 Å². The molecule has 0 aliphatic rings. The molecule has 4 heteroatoms. The Morgan fingerprint density at radius 3 is 2.59 bits per heavy atom. The van der Waals surface area contributed by atoms with Crippen molar-refractivity contribution in [3.05, 3.63) is 29.1 Å². The first-order chi connectivity index (χ1) is 7.93. The Hall–Kier alpha value is -0.551. The summed E-state index contributed by atoms with van der Waals surface area (Å²) in [4.78, 5) is 19.4. The van der Waals surface area contributed by atoms with Crippen LogP contribution in [-0.4, -0.2) is 31.5 Å². The van der Waals surface area contributed by atoms with Crippen molar-refractivity contribution in [1.29, 1.82) is 0 Å². The minimum absolute atomic E-state index is 0.235. The molecule has 2 nitrogen and oxygen atoms in total. The number of fused-ring (bicyclic) bond motifs is 1. The van der Waals surface area contributed by atoms with Gasteiger partial charge in [0.15, 0.2) is 0 Å². The fraction of sp³-hybridized carbons (Fsp3) is 0.308. The number of hydrogen-bond donors (Lipinski definition) is 0. The van der Waals surface area contributed by atoms with Crippen LogP contribution in [0.25, 0.3) is 10.1 Å². The zero-order valence-corrected chi connectivity index (χ0v) is 14.2. The Kier molecular flexibility index (Phi) is 3.50. The third-order valence-corrected chi connectivity index (χ3v) is 9.69. The molecular formula is C13H16O2SSn. The summed E-state index contributed by atoms with van der Waals surface area (Å²) in [6, 6.07) is 8.38. The van der Waals surface area contributed by atoms with Gasteiger partial charge < -0.3 is 0 Å². The van der Waals surface area contributed by atoms with Crippen LogP contribution in [0.4, 0.5) is 0 Å². The molecule has 90 valence electrons. The summed E-state index contributed by atoms with van der Waals surface area (Å²) in [5, 5.41) is 1.25. The third kappa shape index (κ3) is 2.50. The van der Waals surface area contributed by atoms with E-state index >= 15 is 0 Å². The van der Waals surface area contributed by atoms with Crippen LogP contribution in [0.5, 0.6) is 0 Å². The molecule has 0 bridgehead atoms. The first-order valence-corrected chi connectivity index (χ1v) is 16.4. The molecule has 0 amide bonds. The van der Waals surface area contributed by atoms with E-state index in [1.807, 2.05) is 6.07 Å². The van der Waals surface area contributed by atoms with Crippen molar-refractivity contribution < 1.29 is 9.53 Å². The SMILES string of the molecule is COC(=O)c1cc2[c]([Sn]([CH3])([CH3])[CH3])cccc2s1. The average molecular weight is 355 g/mol. The number of thiophene rings is 1. The third-order valence-electron chi connectivity index (χ3n) is 2.76. The van der Waals surface area contributed by atoms with Crippen molar-refractivity contribution in [2.45, 2.75) is 14.8 Å². The minimum atomic E-state index is -2.12. The van der Waals surface area contributed by atoms with E-state index < -0.39 is 18.4 Å². The van der Waals surface area contributed by atoms with Gasteiger partial charge in [0.2, 0.25) is 0 Å². The van der Waals surface area contributed by atoms with Gasteiger partial charge in [-0.1, -0.05) is 0 Å². The molecule has 0 spiro atoms. The first kappa shape index (κ1) is 12.9. The van der Waals surface area contributed by atoms with Crippen molar-refractivity contribution in [2.75, 3.05) is 7.11 Å². The predicted octanol–water partition coefficient (Wildman–Crippen LogP) is 3.23. The van der Waals surface area contributed by atoms with Gasteiger partial charge in [-0.2, -0.15) is 0 Å². The Morgan fingerprint density at radius 1 is 1.29 bits per heavy atom. The Bertz CT molecular complexity index is 566. The average Bonchev–Trinajstić information content (AvgIpc) is 2.69. The summed E-state index contributed by atoms with van der Waals surface area (Å²) in [7, 11) is 1.43. The van der Waals surface area contributed by atoms with Crippen molar-refractivity contribution in [1.82, 2.24) is 0 Å². The van der Waals surface area contributed by atoms with Crippen molar-refractivity contribution in [2.24, 2.45) is 0 Å². The van der Waals surface area contributed by atoms with E-state index in [2.05, 4.69) is 33.0 Å². The molecular weight excluding hydrogens is 339 g/mol. The van der Waals surface area contributed by atoms with Gasteiger partial charge in [-0.3, -0.25) is 0 Å². The van der Waals surface area contributed by atoms with E-state index in [-0.39, 0.29) is 5.97 Å². The number of ether oxygens (including phenoxy) is 1. The normalized spacial score (nSPS) is 11.8. The predicted molar refractivity (Wildman–Crippen MR) is 76.1 cm³/mol. The standard InChI is InChI=1S/C10H7O2S.3CH3.Sn/c1-12-10(11)9-6-7-4-2-3-5-8(7)13-9;;;;/h2-3,5-6H,1H3;3*1H3;. The molecule has 17 heavy (non-hydrogen) atoms. The summed E-state index contributed by atoms with van der Waals surface area (Å²) in [6.45, 7) is 0. The fourth-order valence-corrected chi connectivity index (χ4v) is 7.78. The number of benzene rings is 1. The molecule has 0 aliphatic heterocycles. The first-order valence-electron chi connectivity index (χ1n) is 5.55. The summed E-state index contributed by atoms with van der Waals surface area (Å²) in [6.07, 6.45) is 0. The number of methoxy groups -OCH3 is 1. The number of carbonyl (C=O) groups excluding carboxylic acids is 1. The maximum absolute atomic E-state index is 11.5. The molecule has 0 atom stereocenters. The zero-order chi connectivity index (χ0) is 12.6. The molecule has 1 aromatic heterocycles. The van der Waals surface area contributed by atoms with Crippen LogP contribution in [0, 0.1) is 0 Å². The molecule has 0 aliphatic carbocycles. The Labute approximate surface area is 109 Å². The van der Waals surface area contributed by atoms with E-state index in [1.165, 1.54) is 32.1 Å². The van der Waals surface area contributed by atoms with Gasteiger partial charge in [0.1, 0.15) is 0 Å². The topological polar surface area (TPSA) is 26.3 Å². The number of esters is 1. The van der Waals surface area contributed by atoms with E-state index in [1.54, 1.807) is 0 Å². The number of hydrogen-bond acceptors (Lipinski definition) is 3. The molecule has 0 fully saturated rings. The number of carbonyl (C=O) groups is 1. The van der Waals surface area contributed by atoms with E-state index in [0.717, 1.165) is 0 Å². The number of rotatable bonds is 2. The summed E-state index contributed by atoms with van der Waals surface area (Å²) in [5.74, 6) is -0.235. The molecule has 0 saturated carbocycles. The molecule has 1 aromatic carbocycles. The molecule has 0 unspecified atom stereocenters. The van der Waals surface area contributed by atoms with Gasteiger partial charge in [-0.05, 0) is 0 Å². The second kappa shape index (κ2) is 4.61.